The zero-order valence-electron chi connectivity index (χ0n) is 15.0. The molecule has 5 nitrogen and oxygen atoms in total. The molecule has 1 aliphatic heterocycles. The van der Waals surface area contributed by atoms with Crippen LogP contribution in [0, 0.1) is 5.92 Å². The largest absolute Gasteiger partial charge is 0.369 e. The van der Waals surface area contributed by atoms with Crippen LogP contribution in [0.3, 0.4) is 0 Å². The molecule has 1 fully saturated rings. The maximum Gasteiger partial charge on any atom is 0.253 e. The molecule has 0 atom stereocenters. The fourth-order valence-electron chi connectivity index (χ4n) is 3.20. The molecule has 2 N–H and O–H groups in total. The highest BCUT2D eigenvalue weighted by Crippen LogP contribution is 2.19. The summed E-state index contributed by atoms with van der Waals surface area (Å²) in [5, 5.41) is 0. The van der Waals surface area contributed by atoms with Crippen molar-refractivity contribution in [3.8, 4) is 0 Å². The van der Waals surface area contributed by atoms with Crippen molar-refractivity contribution < 1.29 is 9.59 Å². The van der Waals surface area contributed by atoms with E-state index in [-0.39, 0.29) is 17.7 Å². The minimum Gasteiger partial charge on any atom is -0.369 e. The average Bonchev–Trinajstić information content (AvgIpc) is 2.59. The van der Waals surface area contributed by atoms with E-state index in [1.165, 1.54) is 5.56 Å². The summed E-state index contributed by atoms with van der Waals surface area (Å²) in [5.41, 5.74) is 7.27. The zero-order valence-corrected chi connectivity index (χ0v) is 15.0. The summed E-state index contributed by atoms with van der Waals surface area (Å²) in [7, 11) is 0. The number of carbonyl (C=O) groups is 2. The molecule has 1 aromatic carbocycles. The van der Waals surface area contributed by atoms with Crippen LogP contribution in [0.5, 0.6) is 0 Å². The van der Waals surface area contributed by atoms with Gasteiger partial charge in [-0.1, -0.05) is 19.1 Å². The van der Waals surface area contributed by atoms with Gasteiger partial charge >= 0.3 is 0 Å². The Bertz CT molecular complexity index is 560. The second kappa shape index (κ2) is 8.29. The van der Waals surface area contributed by atoms with Crippen LogP contribution >= 0.6 is 0 Å². The monoisotopic (exact) mass is 331 g/mol. The number of hydrogen-bond acceptors (Lipinski definition) is 3. The molecule has 24 heavy (non-hydrogen) atoms. The van der Waals surface area contributed by atoms with Crippen LogP contribution in [0.1, 0.15) is 49.5 Å². The van der Waals surface area contributed by atoms with Crippen LogP contribution in [0.4, 0.5) is 0 Å². The molecule has 1 saturated heterocycles. The molecule has 1 aliphatic rings. The standard InChI is InChI=1S/C19H29N3O2/c1-4-21(14(2)3)13-15-5-7-17(8-6-15)19(24)22-11-9-16(10-12-22)18(20)23/h5-8,14,16H,4,9-13H2,1-3H3,(H2,20,23). The first-order chi connectivity index (χ1) is 11.4. The summed E-state index contributed by atoms with van der Waals surface area (Å²) in [4.78, 5) is 28.0. The molecule has 5 heteroatoms. The van der Waals surface area contributed by atoms with Gasteiger partial charge in [-0.3, -0.25) is 14.5 Å². The van der Waals surface area contributed by atoms with Crippen molar-refractivity contribution in [1.82, 2.24) is 9.80 Å². The van der Waals surface area contributed by atoms with Crippen molar-refractivity contribution in [2.75, 3.05) is 19.6 Å². The van der Waals surface area contributed by atoms with Gasteiger partial charge in [0.15, 0.2) is 0 Å². The molecular weight excluding hydrogens is 302 g/mol. The maximum absolute atomic E-state index is 12.6. The Labute approximate surface area is 144 Å². The number of benzene rings is 1. The maximum atomic E-state index is 12.6. The first-order valence-corrected chi connectivity index (χ1v) is 8.84. The van der Waals surface area contributed by atoms with Crippen molar-refractivity contribution in [2.45, 2.75) is 46.2 Å². The van der Waals surface area contributed by atoms with Crippen LogP contribution < -0.4 is 5.73 Å². The molecule has 0 bridgehead atoms. The van der Waals surface area contributed by atoms with Crippen molar-refractivity contribution in [3.63, 3.8) is 0 Å². The number of piperidine rings is 1. The Morgan fingerprint density at radius 1 is 1.21 bits per heavy atom. The van der Waals surface area contributed by atoms with Crippen LogP contribution in [0.2, 0.25) is 0 Å². The van der Waals surface area contributed by atoms with Crippen LogP contribution in [0.25, 0.3) is 0 Å². The third-order valence-corrected chi connectivity index (χ3v) is 4.91. The Balaban J connectivity index is 1.95. The number of nitrogens with zero attached hydrogens (tertiary/aromatic N) is 2. The molecule has 132 valence electrons. The summed E-state index contributed by atoms with van der Waals surface area (Å²) < 4.78 is 0. The van der Waals surface area contributed by atoms with E-state index in [0.29, 0.717) is 37.5 Å². The summed E-state index contributed by atoms with van der Waals surface area (Å²) in [5.74, 6) is -0.301. The van der Waals surface area contributed by atoms with Crippen molar-refractivity contribution in [1.29, 1.82) is 0 Å². The summed E-state index contributed by atoms with van der Waals surface area (Å²) >= 11 is 0. The van der Waals surface area contributed by atoms with E-state index >= 15 is 0 Å². The Morgan fingerprint density at radius 2 is 1.79 bits per heavy atom. The van der Waals surface area contributed by atoms with E-state index < -0.39 is 0 Å². The predicted octanol–water partition coefficient (Wildman–Crippen LogP) is 2.25. The first-order valence-electron chi connectivity index (χ1n) is 8.84. The molecule has 0 aliphatic carbocycles. The molecule has 0 saturated carbocycles. The summed E-state index contributed by atoms with van der Waals surface area (Å²) in [6, 6.07) is 8.39. The number of primary amides is 1. The second-order valence-electron chi connectivity index (χ2n) is 6.82. The first kappa shape index (κ1) is 18.5. The van der Waals surface area contributed by atoms with Crippen molar-refractivity contribution >= 4 is 11.8 Å². The Morgan fingerprint density at radius 3 is 2.25 bits per heavy atom. The minimum absolute atomic E-state index is 0.0423. The lowest BCUT2D eigenvalue weighted by Crippen LogP contribution is -2.41. The smallest absolute Gasteiger partial charge is 0.253 e. The number of carbonyl (C=O) groups excluding carboxylic acids is 2. The summed E-state index contributed by atoms with van der Waals surface area (Å²) in [6.45, 7) is 9.65. The molecule has 1 aromatic rings. The number of hydrogen-bond donors (Lipinski definition) is 1. The average molecular weight is 331 g/mol. The van der Waals surface area contributed by atoms with Gasteiger partial charge in [0, 0.05) is 37.2 Å². The normalized spacial score (nSPS) is 16.0. The molecule has 0 unspecified atom stereocenters. The van der Waals surface area contributed by atoms with E-state index in [1.807, 2.05) is 29.2 Å². The van der Waals surface area contributed by atoms with Crippen LogP contribution in [-0.2, 0) is 11.3 Å². The third-order valence-electron chi connectivity index (χ3n) is 4.91. The molecule has 2 amide bonds. The molecular formula is C19H29N3O2. The van der Waals surface area contributed by atoms with Crippen molar-refractivity contribution in [3.05, 3.63) is 35.4 Å². The highest BCUT2D eigenvalue weighted by molar-refractivity contribution is 5.94. The van der Waals surface area contributed by atoms with E-state index in [4.69, 9.17) is 5.73 Å². The molecule has 0 spiro atoms. The number of rotatable bonds is 6. The highest BCUT2D eigenvalue weighted by atomic mass is 16.2. The van der Waals surface area contributed by atoms with Gasteiger partial charge in [0.05, 0.1) is 0 Å². The van der Waals surface area contributed by atoms with Gasteiger partial charge in [0.1, 0.15) is 0 Å². The lowest BCUT2D eigenvalue weighted by Gasteiger charge is -2.30. The van der Waals surface area contributed by atoms with Gasteiger partial charge in [0.25, 0.3) is 5.91 Å². The van der Waals surface area contributed by atoms with E-state index in [9.17, 15) is 9.59 Å². The topological polar surface area (TPSA) is 66.6 Å². The van der Waals surface area contributed by atoms with Gasteiger partial charge in [-0.2, -0.15) is 0 Å². The van der Waals surface area contributed by atoms with Crippen LogP contribution in [-0.4, -0.2) is 47.3 Å². The van der Waals surface area contributed by atoms with E-state index in [1.54, 1.807) is 0 Å². The van der Waals surface area contributed by atoms with Crippen molar-refractivity contribution in [2.24, 2.45) is 11.7 Å². The Hall–Kier alpha value is -1.88. The number of likely N-dealkylation sites (tertiary alicyclic amines) is 1. The zero-order chi connectivity index (χ0) is 17.7. The van der Waals surface area contributed by atoms with Crippen LogP contribution in [0.15, 0.2) is 24.3 Å². The minimum atomic E-state index is -0.253. The highest BCUT2D eigenvalue weighted by Gasteiger charge is 2.26. The second-order valence-corrected chi connectivity index (χ2v) is 6.82. The number of nitrogens with two attached hydrogens (primary N) is 1. The molecule has 2 rings (SSSR count). The number of amides is 2. The quantitative estimate of drug-likeness (QED) is 0.869. The Kier molecular flexibility index (Phi) is 6.37. The lowest BCUT2D eigenvalue weighted by molar-refractivity contribution is -0.123. The van der Waals surface area contributed by atoms with Gasteiger partial charge in [-0.25, -0.2) is 0 Å². The van der Waals surface area contributed by atoms with Gasteiger partial charge in [-0.05, 0) is 50.9 Å². The fourth-order valence-corrected chi connectivity index (χ4v) is 3.20. The van der Waals surface area contributed by atoms with Gasteiger partial charge in [-0.15, -0.1) is 0 Å². The van der Waals surface area contributed by atoms with E-state index in [0.717, 1.165) is 13.1 Å². The van der Waals surface area contributed by atoms with Gasteiger partial charge in [0.2, 0.25) is 5.91 Å². The predicted molar refractivity (Wildman–Crippen MR) is 95.5 cm³/mol. The molecule has 1 heterocycles. The molecule has 0 radical (unpaired) electrons. The van der Waals surface area contributed by atoms with E-state index in [2.05, 4.69) is 25.7 Å². The molecule has 0 aromatic heterocycles. The fraction of sp³-hybridized carbons (Fsp3) is 0.579. The third kappa shape index (κ3) is 4.57. The van der Waals surface area contributed by atoms with Gasteiger partial charge < -0.3 is 10.6 Å². The summed E-state index contributed by atoms with van der Waals surface area (Å²) in [6.07, 6.45) is 1.33. The SMILES string of the molecule is CCN(Cc1ccc(C(=O)N2CCC(C(N)=O)CC2)cc1)C(C)C. The lowest BCUT2D eigenvalue weighted by atomic mass is 9.96.